The van der Waals surface area contributed by atoms with Crippen LogP contribution in [0.4, 0.5) is 0 Å². The molecule has 26 heavy (non-hydrogen) atoms. The third kappa shape index (κ3) is 5.36. The van der Waals surface area contributed by atoms with Crippen molar-refractivity contribution in [1.29, 1.82) is 0 Å². The van der Waals surface area contributed by atoms with Gasteiger partial charge in [-0.05, 0) is 55.1 Å². The molecule has 7 heteroatoms. The molecule has 0 atom stereocenters. The number of nitrogens with zero attached hydrogens (tertiary/aromatic N) is 2. The van der Waals surface area contributed by atoms with Crippen molar-refractivity contribution in [3.05, 3.63) is 39.9 Å². The molecule has 0 radical (unpaired) electrons. The maximum atomic E-state index is 12.3. The van der Waals surface area contributed by atoms with Gasteiger partial charge in [0.2, 0.25) is 5.91 Å². The predicted octanol–water partition coefficient (Wildman–Crippen LogP) is 3.65. The van der Waals surface area contributed by atoms with Crippen molar-refractivity contribution in [3.63, 3.8) is 0 Å². The number of hydrogen-bond donors (Lipinski definition) is 1. The van der Waals surface area contributed by atoms with Gasteiger partial charge in [0.15, 0.2) is 5.78 Å². The van der Waals surface area contributed by atoms with Crippen LogP contribution >= 0.6 is 11.5 Å². The Morgan fingerprint density at radius 1 is 1.27 bits per heavy atom. The zero-order valence-electron chi connectivity index (χ0n) is 15.7. The molecule has 1 N–H and O–H groups in total. The molecule has 140 valence electrons. The van der Waals surface area contributed by atoms with Gasteiger partial charge in [-0.3, -0.25) is 9.59 Å². The van der Waals surface area contributed by atoms with Crippen molar-refractivity contribution < 1.29 is 14.3 Å². The molecule has 1 heterocycles. The van der Waals surface area contributed by atoms with Crippen LogP contribution in [0.1, 0.15) is 66.0 Å². The van der Waals surface area contributed by atoms with Gasteiger partial charge in [-0.1, -0.05) is 18.3 Å². The fraction of sp³-hybridized carbons (Fsp3) is 0.474. The number of aromatic nitrogens is 2. The van der Waals surface area contributed by atoms with E-state index in [1.165, 1.54) is 11.5 Å². The molecule has 1 aromatic carbocycles. The second kappa shape index (κ2) is 9.43. The van der Waals surface area contributed by atoms with Crippen LogP contribution < -0.4 is 10.1 Å². The monoisotopic (exact) mass is 375 g/mol. The van der Waals surface area contributed by atoms with E-state index in [2.05, 4.69) is 14.9 Å². The zero-order valence-corrected chi connectivity index (χ0v) is 16.5. The maximum Gasteiger partial charge on any atom is 0.220 e. The fourth-order valence-electron chi connectivity index (χ4n) is 2.56. The van der Waals surface area contributed by atoms with E-state index in [-0.39, 0.29) is 30.4 Å². The Labute approximate surface area is 158 Å². The number of ketones is 1. The number of carbonyl (C=O) groups excluding carboxylic acids is 2. The number of ether oxygens (including phenoxy) is 1. The molecule has 2 rings (SSSR count). The molecule has 0 aliphatic rings. The van der Waals surface area contributed by atoms with Gasteiger partial charge in [0, 0.05) is 18.4 Å². The summed E-state index contributed by atoms with van der Waals surface area (Å²) in [6.07, 6.45) is 0.339. The van der Waals surface area contributed by atoms with Crippen molar-refractivity contribution in [2.45, 2.75) is 53.0 Å². The van der Waals surface area contributed by atoms with Crippen LogP contribution in [0.2, 0.25) is 0 Å². The first-order valence-electron chi connectivity index (χ1n) is 8.76. The summed E-state index contributed by atoms with van der Waals surface area (Å²) in [4.78, 5) is 25.3. The van der Waals surface area contributed by atoms with Gasteiger partial charge in [-0.25, -0.2) is 0 Å². The normalized spacial score (nSPS) is 10.8. The van der Waals surface area contributed by atoms with Crippen LogP contribution in [0.15, 0.2) is 18.2 Å². The van der Waals surface area contributed by atoms with Crippen LogP contribution in [0.25, 0.3) is 0 Å². The first-order valence-corrected chi connectivity index (χ1v) is 9.54. The Morgan fingerprint density at radius 2 is 2.04 bits per heavy atom. The van der Waals surface area contributed by atoms with E-state index in [1.54, 1.807) is 12.1 Å². The number of benzene rings is 1. The van der Waals surface area contributed by atoms with Crippen LogP contribution in [0, 0.1) is 6.92 Å². The van der Waals surface area contributed by atoms with Crippen LogP contribution in [-0.4, -0.2) is 27.9 Å². The van der Waals surface area contributed by atoms with Crippen molar-refractivity contribution in [1.82, 2.24) is 14.9 Å². The van der Waals surface area contributed by atoms with Crippen LogP contribution in [0.3, 0.4) is 0 Å². The highest BCUT2D eigenvalue weighted by molar-refractivity contribution is 7.05. The average molecular weight is 375 g/mol. The Kier molecular flexibility index (Phi) is 7.26. The van der Waals surface area contributed by atoms with Crippen molar-refractivity contribution in [2.75, 3.05) is 6.61 Å². The lowest BCUT2D eigenvalue weighted by Gasteiger charge is -2.09. The number of Topliss-reactive ketones (excluding diaryl/α,β-unsaturated/α-hetero) is 1. The summed E-state index contributed by atoms with van der Waals surface area (Å²) in [5.74, 6) is 0.851. The first kappa shape index (κ1) is 20.0. The van der Waals surface area contributed by atoms with E-state index in [0.29, 0.717) is 18.7 Å². The maximum absolute atomic E-state index is 12.3. The zero-order chi connectivity index (χ0) is 19.1. The Balaban J connectivity index is 1.84. The molecule has 0 spiro atoms. The highest BCUT2D eigenvalue weighted by atomic mass is 32.1. The number of nitrogens with one attached hydrogen (secondary N) is 1. The number of aryl methyl sites for hydroxylation is 1. The first-order chi connectivity index (χ1) is 12.4. The molecule has 0 fully saturated rings. The molecule has 0 unspecified atom stereocenters. The van der Waals surface area contributed by atoms with Crippen LogP contribution in [0.5, 0.6) is 5.75 Å². The Hall–Kier alpha value is -2.28. The minimum Gasteiger partial charge on any atom is -0.494 e. The van der Waals surface area contributed by atoms with Crippen molar-refractivity contribution >= 4 is 23.2 Å². The third-order valence-corrected chi connectivity index (χ3v) is 4.69. The Morgan fingerprint density at radius 3 is 2.69 bits per heavy atom. The second-order valence-electron chi connectivity index (χ2n) is 6.35. The molecule has 1 amide bonds. The highest BCUT2D eigenvalue weighted by Gasteiger charge is 2.14. The van der Waals surface area contributed by atoms with E-state index in [9.17, 15) is 9.59 Å². The molecule has 0 aliphatic heterocycles. The van der Waals surface area contributed by atoms with Crippen molar-refractivity contribution in [2.24, 2.45) is 0 Å². The van der Waals surface area contributed by atoms with Gasteiger partial charge in [-0.15, -0.1) is 5.10 Å². The molecule has 0 aliphatic carbocycles. The number of amides is 1. The average Bonchev–Trinajstić information content (AvgIpc) is 3.08. The SMILES string of the molecule is CCOc1ccc(C(=O)CCC(=O)NCc2snnc2C(C)C)cc1C. The smallest absolute Gasteiger partial charge is 0.220 e. The summed E-state index contributed by atoms with van der Waals surface area (Å²) >= 11 is 1.29. The minimum atomic E-state index is -0.149. The molecule has 0 saturated carbocycles. The van der Waals surface area contributed by atoms with Gasteiger partial charge in [0.05, 0.1) is 23.7 Å². The lowest BCUT2D eigenvalue weighted by atomic mass is 10.0. The third-order valence-electron chi connectivity index (χ3n) is 3.95. The lowest BCUT2D eigenvalue weighted by molar-refractivity contribution is -0.121. The molecular formula is C19H25N3O3S. The number of hydrogen-bond acceptors (Lipinski definition) is 6. The van der Waals surface area contributed by atoms with Crippen LogP contribution in [-0.2, 0) is 11.3 Å². The van der Waals surface area contributed by atoms with Crippen molar-refractivity contribution in [3.8, 4) is 5.75 Å². The molecule has 6 nitrogen and oxygen atoms in total. The standard InChI is InChI=1S/C19H25N3O3S/c1-5-25-16-8-6-14(10-13(16)4)15(23)7-9-18(24)20-11-17-19(12(2)3)21-22-26-17/h6,8,10,12H,5,7,9,11H2,1-4H3,(H,20,24). The summed E-state index contributed by atoms with van der Waals surface area (Å²) in [7, 11) is 0. The Bertz CT molecular complexity index is 771. The largest absolute Gasteiger partial charge is 0.494 e. The highest BCUT2D eigenvalue weighted by Crippen LogP contribution is 2.21. The van der Waals surface area contributed by atoms with E-state index >= 15 is 0 Å². The van der Waals surface area contributed by atoms with Gasteiger partial charge < -0.3 is 10.1 Å². The molecule has 2 aromatic rings. The fourth-order valence-corrected chi connectivity index (χ4v) is 3.29. The van der Waals surface area contributed by atoms with Gasteiger partial charge in [0.1, 0.15) is 5.75 Å². The molecular weight excluding hydrogens is 350 g/mol. The summed E-state index contributed by atoms with van der Waals surface area (Å²) < 4.78 is 9.42. The van der Waals surface area contributed by atoms with Gasteiger partial charge in [0.25, 0.3) is 0 Å². The molecule has 1 aromatic heterocycles. The predicted molar refractivity (Wildman–Crippen MR) is 102 cm³/mol. The lowest BCUT2D eigenvalue weighted by Crippen LogP contribution is -2.23. The quantitative estimate of drug-likeness (QED) is 0.677. The van der Waals surface area contributed by atoms with E-state index < -0.39 is 0 Å². The topological polar surface area (TPSA) is 81.2 Å². The second-order valence-corrected chi connectivity index (χ2v) is 7.19. The summed E-state index contributed by atoms with van der Waals surface area (Å²) in [5.41, 5.74) is 2.44. The summed E-state index contributed by atoms with van der Waals surface area (Å²) in [5, 5.41) is 6.93. The van der Waals surface area contributed by atoms with Gasteiger partial charge >= 0.3 is 0 Å². The minimum absolute atomic E-state index is 0.0476. The van der Waals surface area contributed by atoms with E-state index in [4.69, 9.17) is 4.74 Å². The summed E-state index contributed by atoms with van der Waals surface area (Å²) in [6.45, 7) is 8.90. The number of carbonyl (C=O) groups is 2. The number of rotatable bonds is 9. The van der Waals surface area contributed by atoms with Gasteiger partial charge in [-0.2, -0.15) is 0 Å². The van der Waals surface area contributed by atoms with E-state index in [0.717, 1.165) is 21.9 Å². The molecule has 0 saturated heterocycles. The summed E-state index contributed by atoms with van der Waals surface area (Å²) in [6, 6.07) is 5.36. The molecule has 0 bridgehead atoms. The van der Waals surface area contributed by atoms with E-state index in [1.807, 2.05) is 33.8 Å².